The first-order chi connectivity index (χ1) is 22.3. The molecule has 0 atom stereocenters. The molecule has 0 radical (unpaired) electrons. The second-order valence-corrected chi connectivity index (χ2v) is 11.2. The summed E-state index contributed by atoms with van der Waals surface area (Å²) >= 11 is 0. The van der Waals surface area contributed by atoms with Gasteiger partial charge in [0, 0.05) is 83.4 Å². The highest BCUT2D eigenvalue weighted by molar-refractivity contribution is 6.32. The highest BCUT2D eigenvalue weighted by Gasteiger charge is 2.25. The van der Waals surface area contributed by atoms with Crippen molar-refractivity contribution in [1.29, 1.82) is 0 Å². The zero-order valence-electron chi connectivity index (χ0n) is 25.9. The van der Waals surface area contributed by atoms with E-state index in [9.17, 15) is 14.4 Å². The molecule has 0 aliphatic carbocycles. The summed E-state index contributed by atoms with van der Waals surface area (Å²) in [4.78, 5) is 44.0. The second-order valence-electron chi connectivity index (χ2n) is 11.2. The van der Waals surface area contributed by atoms with Gasteiger partial charge in [0.15, 0.2) is 5.78 Å². The molecule has 10 heteroatoms. The van der Waals surface area contributed by atoms with E-state index in [-0.39, 0.29) is 17.6 Å². The molecule has 0 saturated carbocycles. The van der Waals surface area contributed by atoms with Crippen LogP contribution in [0.25, 0.3) is 5.57 Å². The Morgan fingerprint density at radius 1 is 0.783 bits per heavy atom. The van der Waals surface area contributed by atoms with E-state index in [1.807, 2.05) is 12.1 Å². The molecule has 0 aromatic heterocycles. The number of nitrogens with one attached hydrogen (secondary N) is 3. The maximum Gasteiger partial charge on any atom is 0.257 e. The maximum absolute atomic E-state index is 13.5. The highest BCUT2D eigenvalue weighted by Crippen LogP contribution is 2.33. The summed E-state index contributed by atoms with van der Waals surface area (Å²) in [6, 6.07) is 24.9. The molecule has 2 amide bonds. The number of anilines is 4. The van der Waals surface area contributed by atoms with E-state index in [4.69, 9.17) is 9.47 Å². The monoisotopic (exact) mass is 617 g/mol. The van der Waals surface area contributed by atoms with E-state index >= 15 is 0 Å². The van der Waals surface area contributed by atoms with Gasteiger partial charge in [0.2, 0.25) is 0 Å². The maximum atomic E-state index is 13.5. The van der Waals surface area contributed by atoms with Gasteiger partial charge in [-0.3, -0.25) is 14.4 Å². The van der Waals surface area contributed by atoms with Gasteiger partial charge in [-0.2, -0.15) is 0 Å². The minimum absolute atomic E-state index is 0.243. The SMILES string of the molecule is COc1cc(OC)cc(C(=O)Nc2cccc(C(=O)c3ccc4c(c3)NC(=O)/C4=C/Nc3ccc(N4CCN(C)CC4)cc3)c2)c1. The lowest BCUT2D eigenvalue weighted by Crippen LogP contribution is -2.44. The van der Waals surface area contributed by atoms with Crippen LogP contribution in [0.15, 0.2) is 91.1 Å². The van der Waals surface area contributed by atoms with E-state index in [2.05, 4.69) is 44.9 Å². The number of hydrogen-bond donors (Lipinski definition) is 3. The quantitative estimate of drug-likeness (QED) is 0.170. The van der Waals surface area contributed by atoms with Crippen LogP contribution >= 0.6 is 0 Å². The Kier molecular flexibility index (Phi) is 8.71. The average molecular weight is 618 g/mol. The summed E-state index contributed by atoms with van der Waals surface area (Å²) in [7, 11) is 5.16. The van der Waals surface area contributed by atoms with Gasteiger partial charge in [0.25, 0.3) is 11.8 Å². The Labute approximate surface area is 267 Å². The lowest BCUT2D eigenvalue weighted by atomic mass is 9.99. The normalized spacial score (nSPS) is 15.2. The summed E-state index contributed by atoms with van der Waals surface area (Å²) in [6.45, 7) is 4.08. The van der Waals surface area contributed by atoms with E-state index in [1.54, 1.807) is 66.9 Å². The van der Waals surface area contributed by atoms with Crippen molar-refractivity contribution in [3.8, 4) is 11.5 Å². The van der Waals surface area contributed by atoms with Gasteiger partial charge < -0.3 is 35.2 Å². The Morgan fingerprint density at radius 2 is 1.48 bits per heavy atom. The fourth-order valence-corrected chi connectivity index (χ4v) is 5.51. The first kappa shape index (κ1) is 30.4. The number of fused-ring (bicyclic) bond motifs is 1. The van der Waals surface area contributed by atoms with Gasteiger partial charge in [-0.05, 0) is 61.6 Å². The summed E-state index contributed by atoms with van der Waals surface area (Å²) < 4.78 is 10.5. The third-order valence-corrected chi connectivity index (χ3v) is 8.18. The van der Waals surface area contributed by atoms with Gasteiger partial charge in [-0.15, -0.1) is 0 Å². The number of rotatable bonds is 9. The number of nitrogens with zero attached hydrogens (tertiary/aromatic N) is 2. The molecule has 4 aromatic carbocycles. The molecular weight excluding hydrogens is 582 g/mol. The van der Waals surface area contributed by atoms with Crippen LogP contribution in [0.2, 0.25) is 0 Å². The molecule has 4 aromatic rings. The fourth-order valence-electron chi connectivity index (χ4n) is 5.51. The Bertz CT molecular complexity index is 1800. The molecule has 10 nitrogen and oxygen atoms in total. The summed E-state index contributed by atoms with van der Waals surface area (Å²) in [5.41, 5.74) is 5.41. The first-order valence-corrected chi connectivity index (χ1v) is 15.0. The van der Waals surface area contributed by atoms with Gasteiger partial charge in [0.1, 0.15) is 11.5 Å². The zero-order valence-corrected chi connectivity index (χ0v) is 25.9. The topological polar surface area (TPSA) is 112 Å². The third-order valence-electron chi connectivity index (χ3n) is 8.18. The Balaban J connectivity index is 1.14. The lowest BCUT2D eigenvalue weighted by molar-refractivity contribution is -0.110. The molecule has 0 spiro atoms. The van der Waals surface area contributed by atoms with Crippen molar-refractivity contribution >= 4 is 45.9 Å². The largest absolute Gasteiger partial charge is 0.497 e. The van der Waals surface area contributed by atoms with E-state index in [1.165, 1.54) is 19.9 Å². The van der Waals surface area contributed by atoms with E-state index in [0.717, 1.165) is 31.9 Å². The smallest absolute Gasteiger partial charge is 0.257 e. The first-order valence-electron chi connectivity index (χ1n) is 15.0. The molecule has 1 saturated heterocycles. The van der Waals surface area contributed by atoms with Crippen LogP contribution in [0.4, 0.5) is 22.7 Å². The third kappa shape index (κ3) is 6.57. The van der Waals surface area contributed by atoms with Crippen molar-refractivity contribution in [2.75, 3.05) is 68.3 Å². The minimum Gasteiger partial charge on any atom is -0.497 e. The number of carbonyl (C=O) groups excluding carboxylic acids is 3. The van der Waals surface area contributed by atoms with Gasteiger partial charge in [-0.25, -0.2) is 0 Å². The zero-order chi connectivity index (χ0) is 32.2. The lowest BCUT2D eigenvalue weighted by Gasteiger charge is -2.34. The van der Waals surface area contributed by atoms with Crippen molar-refractivity contribution in [2.45, 2.75) is 0 Å². The van der Waals surface area contributed by atoms with Gasteiger partial charge in [0.05, 0.1) is 19.8 Å². The van der Waals surface area contributed by atoms with Crippen LogP contribution in [-0.4, -0.2) is 69.9 Å². The summed E-state index contributed by atoms with van der Waals surface area (Å²) in [5, 5.41) is 8.94. The molecule has 3 N–H and O–H groups in total. The van der Waals surface area contributed by atoms with Gasteiger partial charge in [-0.1, -0.05) is 24.3 Å². The number of amides is 2. The molecule has 2 aliphatic rings. The second kappa shape index (κ2) is 13.2. The van der Waals surface area contributed by atoms with Crippen LogP contribution in [0, 0.1) is 0 Å². The van der Waals surface area contributed by atoms with Gasteiger partial charge >= 0.3 is 0 Å². The molecule has 0 bridgehead atoms. The van der Waals surface area contributed by atoms with Crippen molar-refractivity contribution in [3.05, 3.63) is 113 Å². The highest BCUT2D eigenvalue weighted by atomic mass is 16.5. The number of methoxy groups -OCH3 is 2. The van der Waals surface area contributed by atoms with Crippen LogP contribution in [0.3, 0.4) is 0 Å². The summed E-state index contributed by atoms with van der Waals surface area (Å²) in [6.07, 6.45) is 1.69. The number of carbonyl (C=O) groups is 3. The molecule has 234 valence electrons. The minimum atomic E-state index is -0.374. The molecule has 2 aliphatic heterocycles. The Hall–Kier alpha value is -5.61. The predicted octanol–water partition coefficient (Wildman–Crippen LogP) is 5.34. The standard InChI is InChI=1S/C36H35N5O5/c1-40-13-15-41(16-14-40)28-10-8-26(9-11-28)37-22-32-31-12-7-24(20-33(31)39-36(32)44)34(42)23-5-4-6-27(17-23)38-35(43)25-18-29(45-2)21-30(19-25)46-3/h4-12,17-22,37H,13-16H2,1-3H3,(H,38,43)(H,39,44)/b32-22+. The number of benzene rings is 4. The van der Waals surface area contributed by atoms with Crippen molar-refractivity contribution in [1.82, 2.24) is 4.90 Å². The van der Waals surface area contributed by atoms with Crippen LogP contribution in [0.1, 0.15) is 31.8 Å². The summed E-state index contributed by atoms with van der Waals surface area (Å²) in [5.74, 6) is 0.107. The molecular formula is C36H35N5O5. The van der Waals surface area contributed by atoms with Crippen molar-refractivity contribution < 1.29 is 23.9 Å². The number of ketones is 1. The number of hydrogen-bond acceptors (Lipinski definition) is 8. The van der Waals surface area contributed by atoms with Crippen LogP contribution in [-0.2, 0) is 4.79 Å². The molecule has 6 rings (SSSR count). The Morgan fingerprint density at radius 3 is 2.17 bits per heavy atom. The molecule has 0 unspecified atom stereocenters. The van der Waals surface area contributed by atoms with Crippen molar-refractivity contribution in [3.63, 3.8) is 0 Å². The van der Waals surface area contributed by atoms with Crippen LogP contribution in [0.5, 0.6) is 11.5 Å². The number of likely N-dealkylation sites (N-methyl/N-ethyl adjacent to an activating group) is 1. The van der Waals surface area contributed by atoms with E-state index < -0.39 is 0 Å². The number of ether oxygens (including phenoxy) is 2. The molecule has 2 heterocycles. The molecule has 1 fully saturated rings. The molecule has 46 heavy (non-hydrogen) atoms. The van der Waals surface area contributed by atoms with Crippen molar-refractivity contribution in [2.24, 2.45) is 0 Å². The predicted molar refractivity (Wildman–Crippen MR) is 180 cm³/mol. The van der Waals surface area contributed by atoms with Crippen LogP contribution < -0.4 is 30.3 Å². The average Bonchev–Trinajstić information content (AvgIpc) is 3.41. The number of piperazine rings is 1. The van der Waals surface area contributed by atoms with E-state index in [0.29, 0.717) is 50.7 Å². The fraction of sp³-hybridized carbons (Fsp3) is 0.194.